The molecule has 3 heteroatoms. The first-order chi connectivity index (χ1) is 12.6. The van der Waals surface area contributed by atoms with Crippen molar-refractivity contribution in [2.75, 3.05) is 18.9 Å². The fraction of sp³-hybridized carbons (Fsp3) is 0.696. The summed E-state index contributed by atoms with van der Waals surface area (Å²) in [7, 11) is 2.11. The van der Waals surface area contributed by atoms with E-state index >= 15 is 0 Å². The van der Waals surface area contributed by atoms with Gasteiger partial charge < -0.3 is 10.2 Å². The lowest BCUT2D eigenvalue weighted by Crippen LogP contribution is -2.32. The number of nitrogens with zero attached hydrogens (tertiary/aromatic N) is 1. The van der Waals surface area contributed by atoms with Crippen LogP contribution in [0.2, 0.25) is 0 Å². The molecule has 0 amide bonds. The monoisotopic (exact) mass is 374 g/mol. The summed E-state index contributed by atoms with van der Waals surface area (Å²) >= 11 is 5.60. The molecule has 1 aromatic carbocycles. The van der Waals surface area contributed by atoms with Crippen LogP contribution in [-0.4, -0.2) is 23.6 Å². The van der Waals surface area contributed by atoms with Gasteiger partial charge in [-0.1, -0.05) is 58.4 Å². The zero-order valence-electron chi connectivity index (χ0n) is 17.2. The molecule has 0 saturated heterocycles. The number of unbranched alkanes of at least 4 members (excludes halogenated alkanes) is 3. The molecule has 0 heterocycles. The van der Waals surface area contributed by atoms with Crippen molar-refractivity contribution in [1.82, 2.24) is 4.90 Å². The number of aryl methyl sites for hydroxylation is 2. The Balaban J connectivity index is 1.65. The third-order valence-electron chi connectivity index (χ3n) is 5.69. The second-order valence-electron chi connectivity index (χ2n) is 8.14. The average molecular weight is 375 g/mol. The number of nitrogens with one attached hydrogen (secondary N) is 1. The van der Waals surface area contributed by atoms with Crippen molar-refractivity contribution in [3.63, 3.8) is 0 Å². The zero-order chi connectivity index (χ0) is 18.8. The van der Waals surface area contributed by atoms with Gasteiger partial charge in [0.25, 0.3) is 0 Å². The lowest BCUT2D eigenvalue weighted by Gasteiger charge is -2.22. The summed E-state index contributed by atoms with van der Waals surface area (Å²) in [6.45, 7) is 5.73. The van der Waals surface area contributed by atoms with Crippen LogP contribution in [0.1, 0.15) is 82.8 Å². The maximum atomic E-state index is 5.60. The predicted octanol–water partition coefficient (Wildman–Crippen LogP) is 6.58. The number of rotatable bonds is 10. The Morgan fingerprint density at radius 1 is 1.08 bits per heavy atom. The Labute approximate surface area is 166 Å². The summed E-state index contributed by atoms with van der Waals surface area (Å²) in [6.07, 6.45) is 14.5. The second kappa shape index (κ2) is 11.6. The second-order valence-corrected chi connectivity index (χ2v) is 8.53. The molecule has 1 aromatic rings. The summed E-state index contributed by atoms with van der Waals surface area (Å²) in [6, 6.07) is 6.76. The van der Waals surface area contributed by atoms with E-state index in [4.69, 9.17) is 12.2 Å². The fourth-order valence-electron chi connectivity index (χ4n) is 3.85. The predicted molar refractivity (Wildman–Crippen MR) is 119 cm³/mol. The number of hydrogen-bond acceptors (Lipinski definition) is 1. The maximum Gasteiger partial charge on any atom is 0.173 e. The van der Waals surface area contributed by atoms with Gasteiger partial charge in [0, 0.05) is 19.3 Å². The van der Waals surface area contributed by atoms with Gasteiger partial charge in [0.1, 0.15) is 0 Å². The molecule has 1 aliphatic rings. The quantitative estimate of drug-likeness (QED) is 0.368. The van der Waals surface area contributed by atoms with E-state index in [0.29, 0.717) is 0 Å². The van der Waals surface area contributed by atoms with E-state index in [-0.39, 0.29) is 0 Å². The highest BCUT2D eigenvalue weighted by Crippen LogP contribution is 2.24. The van der Waals surface area contributed by atoms with Gasteiger partial charge in [0.15, 0.2) is 5.11 Å². The van der Waals surface area contributed by atoms with Crippen LogP contribution in [0.4, 0.5) is 5.69 Å². The van der Waals surface area contributed by atoms with Crippen LogP contribution in [0.3, 0.4) is 0 Å². The third kappa shape index (κ3) is 7.26. The number of hydrogen-bond donors (Lipinski definition) is 1. The van der Waals surface area contributed by atoms with Gasteiger partial charge in [-0.15, -0.1) is 0 Å². The van der Waals surface area contributed by atoms with Crippen molar-refractivity contribution in [2.24, 2.45) is 5.92 Å². The molecule has 2 rings (SSSR count). The first-order valence-corrected chi connectivity index (χ1v) is 11.1. The van der Waals surface area contributed by atoms with Crippen LogP contribution in [0, 0.1) is 5.92 Å². The van der Waals surface area contributed by atoms with Crippen molar-refractivity contribution in [3.05, 3.63) is 29.3 Å². The Kier molecular flexibility index (Phi) is 9.45. The Morgan fingerprint density at radius 3 is 2.58 bits per heavy atom. The van der Waals surface area contributed by atoms with Crippen LogP contribution in [0.5, 0.6) is 0 Å². The van der Waals surface area contributed by atoms with Gasteiger partial charge in [-0.05, 0) is 73.5 Å². The van der Waals surface area contributed by atoms with Gasteiger partial charge >= 0.3 is 0 Å². The van der Waals surface area contributed by atoms with Gasteiger partial charge in [-0.2, -0.15) is 0 Å². The smallest absolute Gasteiger partial charge is 0.173 e. The molecule has 0 bridgehead atoms. The summed E-state index contributed by atoms with van der Waals surface area (Å²) in [5.74, 6) is 0.888. The van der Waals surface area contributed by atoms with Crippen molar-refractivity contribution < 1.29 is 0 Å². The molecule has 0 radical (unpaired) electrons. The van der Waals surface area contributed by atoms with E-state index in [1.807, 2.05) is 0 Å². The molecule has 1 N–H and O–H groups in total. The minimum Gasteiger partial charge on any atom is -0.352 e. The van der Waals surface area contributed by atoms with Crippen molar-refractivity contribution in [1.29, 1.82) is 0 Å². The highest BCUT2D eigenvalue weighted by Gasteiger charge is 2.11. The standard InChI is InChI=1S/C23H38N2S/c1-4-5-11-19(2)12-7-6-10-17-25(3)23(26)24-22-16-15-20-13-8-9-14-21(20)18-22/h15-16,18-19H,4-14,17H2,1-3H3,(H,24,26). The topological polar surface area (TPSA) is 15.3 Å². The van der Waals surface area contributed by atoms with Gasteiger partial charge in [-0.3, -0.25) is 0 Å². The van der Waals surface area contributed by atoms with Crippen LogP contribution in [0.25, 0.3) is 0 Å². The summed E-state index contributed by atoms with van der Waals surface area (Å²) in [5.41, 5.74) is 4.17. The lowest BCUT2D eigenvalue weighted by atomic mass is 9.91. The minimum absolute atomic E-state index is 0.845. The number of anilines is 1. The lowest BCUT2D eigenvalue weighted by molar-refractivity contribution is 0.426. The normalized spacial score (nSPS) is 14.6. The van der Waals surface area contributed by atoms with Crippen LogP contribution >= 0.6 is 12.2 Å². The maximum absolute atomic E-state index is 5.60. The highest BCUT2D eigenvalue weighted by atomic mass is 32.1. The molecule has 26 heavy (non-hydrogen) atoms. The molecule has 1 unspecified atom stereocenters. The summed E-state index contributed by atoms with van der Waals surface area (Å²) in [5, 5.41) is 4.28. The van der Waals surface area contributed by atoms with E-state index < -0.39 is 0 Å². The van der Waals surface area contributed by atoms with E-state index in [1.165, 1.54) is 81.8 Å². The molecule has 0 fully saturated rings. The number of benzene rings is 1. The summed E-state index contributed by atoms with van der Waals surface area (Å²) < 4.78 is 0. The van der Waals surface area contributed by atoms with Crippen LogP contribution in [0.15, 0.2) is 18.2 Å². The largest absolute Gasteiger partial charge is 0.352 e. The molecule has 146 valence electrons. The molecule has 1 aliphatic carbocycles. The fourth-order valence-corrected chi connectivity index (χ4v) is 4.06. The number of thiocarbonyl (C=S) groups is 1. The SMILES string of the molecule is CCCCC(C)CCCCCN(C)C(=S)Nc1ccc2c(c1)CCCC2. The van der Waals surface area contributed by atoms with Crippen LogP contribution < -0.4 is 5.32 Å². The molecular formula is C23H38N2S. The van der Waals surface area contributed by atoms with Gasteiger partial charge in [0.05, 0.1) is 0 Å². The Morgan fingerprint density at radius 2 is 1.81 bits per heavy atom. The van der Waals surface area contributed by atoms with Crippen molar-refractivity contribution in [3.8, 4) is 0 Å². The Bertz CT molecular complexity index is 555. The van der Waals surface area contributed by atoms with Crippen molar-refractivity contribution in [2.45, 2.75) is 84.5 Å². The Hall–Kier alpha value is -1.09. The minimum atomic E-state index is 0.845. The molecule has 0 aromatic heterocycles. The average Bonchev–Trinajstić information content (AvgIpc) is 2.65. The molecule has 0 spiro atoms. The van der Waals surface area contributed by atoms with E-state index in [1.54, 1.807) is 0 Å². The first-order valence-electron chi connectivity index (χ1n) is 10.7. The van der Waals surface area contributed by atoms with Gasteiger partial charge in [0.2, 0.25) is 0 Å². The molecule has 1 atom stereocenters. The van der Waals surface area contributed by atoms with Crippen molar-refractivity contribution >= 4 is 23.0 Å². The molecule has 0 saturated carbocycles. The highest BCUT2D eigenvalue weighted by molar-refractivity contribution is 7.80. The first kappa shape index (κ1) is 21.2. The van der Waals surface area contributed by atoms with E-state index in [0.717, 1.165) is 23.3 Å². The number of fused-ring (bicyclic) bond motifs is 1. The van der Waals surface area contributed by atoms with E-state index in [9.17, 15) is 0 Å². The molecule has 0 aliphatic heterocycles. The molecule has 2 nitrogen and oxygen atoms in total. The third-order valence-corrected chi connectivity index (χ3v) is 6.10. The van der Waals surface area contributed by atoms with E-state index in [2.05, 4.69) is 49.3 Å². The van der Waals surface area contributed by atoms with Crippen LogP contribution in [-0.2, 0) is 12.8 Å². The van der Waals surface area contributed by atoms with Gasteiger partial charge in [-0.25, -0.2) is 0 Å². The zero-order valence-corrected chi connectivity index (χ0v) is 18.0. The molecular weight excluding hydrogens is 336 g/mol. The summed E-state index contributed by atoms with van der Waals surface area (Å²) in [4.78, 5) is 2.19.